The zero-order valence-corrected chi connectivity index (χ0v) is 8.99. The second kappa shape index (κ2) is 5.40. The van der Waals surface area contributed by atoms with E-state index in [-0.39, 0.29) is 0 Å². The summed E-state index contributed by atoms with van der Waals surface area (Å²) < 4.78 is 156. The maximum atomic E-state index is 12.6. The molecule has 0 aromatic heterocycles. The number of rotatable bonds is 1. The fraction of sp³-hybridized carbons (Fsp3) is 0.500. The molecule has 0 aliphatic carbocycles. The van der Waals surface area contributed by atoms with Gasteiger partial charge in [-0.15, -0.1) is 0 Å². The Bertz CT molecular complexity index is 435. The van der Waals surface area contributed by atoms with Crippen LogP contribution >= 0.6 is 0 Å². The van der Waals surface area contributed by atoms with Crippen molar-refractivity contribution in [1.82, 2.24) is 0 Å². The molecule has 124 valence electrons. The van der Waals surface area contributed by atoms with Crippen molar-refractivity contribution in [3.05, 3.63) is 23.0 Å². The maximum Gasteiger partial charge on any atom is 0.443 e. The molecule has 0 aliphatic rings. The van der Waals surface area contributed by atoms with Crippen LogP contribution in [0.25, 0.3) is 0 Å². The molecule has 0 amide bonds. The normalized spacial score (nSPS) is 16.9. The van der Waals surface area contributed by atoms with E-state index in [4.69, 9.17) is 0 Å². The van der Waals surface area contributed by atoms with Gasteiger partial charge in [-0.05, 0) is 0 Å². The molecule has 0 unspecified atom stereocenters. The number of hydrogen-bond acceptors (Lipinski definition) is 0. The Morgan fingerprint density at radius 1 is 0.571 bits per heavy atom. The molecule has 0 aromatic rings. The van der Waals surface area contributed by atoms with Crippen molar-refractivity contribution in [3.63, 3.8) is 0 Å². The van der Waals surface area contributed by atoms with Crippen LogP contribution in [0.1, 0.15) is 0 Å². The van der Waals surface area contributed by atoms with E-state index in [0.717, 1.165) is 0 Å². The van der Waals surface area contributed by atoms with Crippen LogP contribution in [0, 0.1) is 0 Å². The lowest BCUT2D eigenvalue weighted by molar-refractivity contribution is -0.140. The molecule has 0 aromatic carbocycles. The van der Waals surface area contributed by atoms with Crippen molar-refractivity contribution in [3.8, 4) is 0 Å². The predicted octanol–water partition coefficient (Wildman–Crippen LogP) is 5.39. The third kappa shape index (κ3) is 5.83. The van der Waals surface area contributed by atoms with E-state index in [1.54, 1.807) is 0 Å². The lowest BCUT2D eigenvalue weighted by Gasteiger charge is -2.20. The van der Waals surface area contributed by atoms with Crippen molar-refractivity contribution in [2.24, 2.45) is 0 Å². The first-order valence-corrected chi connectivity index (χ1v) is 4.28. The summed E-state index contributed by atoms with van der Waals surface area (Å²) in [6.45, 7) is 0. The Morgan fingerprint density at radius 3 is 1.14 bits per heavy atom. The largest absolute Gasteiger partial charge is 0.443 e. The van der Waals surface area contributed by atoms with Crippen molar-refractivity contribution in [1.29, 1.82) is 0 Å². The van der Waals surface area contributed by atoms with Crippen LogP contribution in [0.2, 0.25) is 0 Å². The Morgan fingerprint density at radius 2 is 0.952 bits per heavy atom. The first-order valence-electron chi connectivity index (χ1n) is 4.28. The molecule has 0 fully saturated rings. The molecule has 0 rings (SSSR count). The number of alkyl halides is 12. The maximum absolute atomic E-state index is 12.6. The second-order valence-corrected chi connectivity index (χ2v) is 3.28. The van der Waals surface area contributed by atoms with Gasteiger partial charge in [0.1, 0.15) is 5.57 Å². The predicted molar refractivity (Wildman–Crippen MR) is 40.4 cm³/mol. The summed E-state index contributed by atoms with van der Waals surface area (Å²) in [6.07, 6.45) is -27.9. The highest BCUT2D eigenvalue weighted by Gasteiger charge is 2.54. The average Bonchev–Trinajstić information content (AvgIpc) is 2.08. The van der Waals surface area contributed by atoms with Gasteiger partial charge < -0.3 is 0 Å². The van der Waals surface area contributed by atoms with Gasteiger partial charge in [0.05, 0.1) is 5.57 Å². The first kappa shape index (κ1) is 19.6. The number of hydrogen-bond donors (Lipinski definition) is 0. The molecule has 21 heavy (non-hydrogen) atoms. The van der Waals surface area contributed by atoms with Gasteiger partial charge in [0, 0.05) is 6.08 Å². The van der Waals surface area contributed by atoms with E-state index in [2.05, 4.69) is 0 Å². The van der Waals surface area contributed by atoms with Crippen LogP contribution in [0.5, 0.6) is 0 Å². The molecule has 0 bridgehead atoms. The molecule has 0 radical (unpaired) electrons. The van der Waals surface area contributed by atoms with Gasteiger partial charge in [0.2, 0.25) is 5.83 Å². The van der Waals surface area contributed by atoms with Crippen LogP contribution in [0.4, 0.5) is 57.1 Å². The number of halogens is 13. The van der Waals surface area contributed by atoms with Crippen molar-refractivity contribution in [2.45, 2.75) is 24.7 Å². The Kier molecular flexibility index (Phi) is 5.04. The van der Waals surface area contributed by atoms with Gasteiger partial charge in [0.25, 0.3) is 0 Å². The molecule has 0 saturated heterocycles. The zero-order chi connectivity index (χ0) is 17.4. The van der Waals surface area contributed by atoms with Gasteiger partial charge in [0.15, 0.2) is 0 Å². The van der Waals surface area contributed by atoms with Crippen LogP contribution < -0.4 is 0 Å². The Labute approximate surface area is 106 Å². The van der Waals surface area contributed by atoms with Crippen molar-refractivity contribution >= 4 is 0 Å². The van der Waals surface area contributed by atoms with Gasteiger partial charge in [-0.1, -0.05) is 0 Å². The summed E-state index contributed by atoms with van der Waals surface area (Å²) >= 11 is 0. The smallest absolute Gasteiger partial charge is 0.201 e. The molecule has 0 aliphatic heterocycles. The first-order chi connectivity index (χ1) is 8.87. The Balaban J connectivity index is 6.60. The summed E-state index contributed by atoms with van der Waals surface area (Å²) in [6, 6.07) is 0. The fourth-order valence-corrected chi connectivity index (χ4v) is 0.997. The standard InChI is InChI=1S/C8HF13/c9-4(8(19,20)21)3(7(16,17)18)2(6(13,14)15)1-5(10,11)12/h1H/b2-1+,4-3-. The second-order valence-electron chi connectivity index (χ2n) is 3.28. The lowest BCUT2D eigenvalue weighted by atomic mass is 10.0. The molecule has 0 N–H and O–H groups in total. The van der Waals surface area contributed by atoms with E-state index in [9.17, 15) is 57.1 Å². The summed E-state index contributed by atoms with van der Waals surface area (Å²) in [7, 11) is 0. The molecular weight excluding hydrogens is 343 g/mol. The van der Waals surface area contributed by atoms with E-state index < -0.39 is 47.8 Å². The van der Waals surface area contributed by atoms with E-state index >= 15 is 0 Å². The monoisotopic (exact) mass is 344 g/mol. The van der Waals surface area contributed by atoms with E-state index in [1.807, 2.05) is 0 Å². The average molecular weight is 344 g/mol. The summed E-state index contributed by atoms with van der Waals surface area (Å²) in [5, 5.41) is 0. The molecule has 0 nitrogen and oxygen atoms in total. The van der Waals surface area contributed by atoms with Crippen LogP contribution in [0.15, 0.2) is 23.0 Å². The van der Waals surface area contributed by atoms with Gasteiger partial charge in [-0.25, -0.2) is 4.39 Å². The molecule has 0 atom stereocenters. The van der Waals surface area contributed by atoms with Crippen LogP contribution in [-0.4, -0.2) is 24.7 Å². The van der Waals surface area contributed by atoms with E-state index in [1.165, 1.54) is 0 Å². The minimum atomic E-state index is -6.66. The van der Waals surface area contributed by atoms with Crippen molar-refractivity contribution < 1.29 is 57.1 Å². The van der Waals surface area contributed by atoms with Crippen LogP contribution in [-0.2, 0) is 0 Å². The highest BCUT2D eigenvalue weighted by molar-refractivity contribution is 5.42. The molecule has 0 heterocycles. The molecular formula is C8HF13. The third-order valence-corrected chi connectivity index (χ3v) is 1.63. The van der Waals surface area contributed by atoms with Crippen molar-refractivity contribution in [2.75, 3.05) is 0 Å². The molecule has 0 spiro atoms. The fourth-order valence-electron chi connectivity index (χ4n) is 0.997. The van der Waals surface area contributed by atoms with Gasteiger partial charge >= 0.3 is 24.7 Å². The molecule has 0 saturated carbocycles. The van der Waals surface area contributed by atoms with E-state index in [0.29, 0.717) is 0 Å². The van der Waals surface area contributed by atoms with Gasteiger partial charge in [-0.2, -0.15) is 52.7 Å². The SMILES string of the molecule is F/C(=C(/C(=C\C(F)(F)F)C(F)(F)F)C(F)(F)F)C(F)(F)F. The number of allylic oxidation sites excluding steroid dienone is 4. The van der Waals surface area contributed by atoms with Gasteiger partial charge in [-0.3, -0.25) is 0 Å². The molecule has 13 heteroatoms. The lowest BCUT2D eigenvalue weighted by Crippen LogP contribution is -2.29. The third-order valence-electron chi connectivity index (χ3n) is 1.63. The highest BCUT2D eigenvalue weighted by atomic mass is 19.4. The topological polar surface area (TPSA) is 0 Å². The minimum Gasteiger partial charge on any atom is -0.201 e. The Hall–Kier alpha value is -1.43. The zero-order valence-electron chi connectivity index (χ0n) is 8.99. The summed E-state index contributed by atoms with van der Waals surface area (Å²) in [5.41, 5.74) is -7.93. The minimum absolute atomic E-state index is 2.10. The summed E-state index contributed by atoms with van der Waals surface area (Å²) in [5.74, 6) is -4.33. The quantitative estimate of drug-likeness (QED) is 0.442. The summed E-state index contributed by atoms with van der Waals surface area (Å²) in [4.78, 5) is 0. The van der Waals surface area contributed by atoms with Crippen LogP contribution in [0.3, 0.4) is 0 Å². The highest BCUT2D eigenvalue weighted by Crippen LogP contribution is 2.46.